The van der Waals surface area contributed by atoms with Crippen LogP contribution in [0, 0.1) is 5.92 Å². The molecule has 1 rings (SSSR count). The summed E-state index contributed by atoms with van der Waals surface area (Å²) >= 11 is 0. The van der Waals surface area contributed by atoms with Crippen LogP contribution < -0.4 is 16.8 Å². The monoisotopic (exact) mass is 277 g/mol. The van der Waals surface area contributed by atoms with Crippen molar-refractivity contribution in [2.75, 3.05) is 6.54 Å². The lowest BCUT2D eigenvalue weighted by Crippen LogP contribution is -2.49. The summed E-state index contributed by atoms with van der Waals surface area (Å²) in [6.07, 6.45) is 0.678. The Bertz CT molecular complexity index is 457. The van der Waals surface area contributed by atoms with E-state index in [1.165, 1.54) is 0 Å². The maximum Gasteiger partial charge on any atom is 0.225 e. The zero-order valence-corrected chi connectivity index (χ0v) is 12.1. The third-order valence-corrected chi connectivity index (χ3v) is 3.06. The Morgan fingerprint density at radius 1 is 1.25 bits per heavy atom. The molecule has 20 heavy (non-hydrogen) atoms. The van der Waals surface area contributed by atoms with Gasteiger partial charge in [-0.1, -0.05) is 30.3 Å². The van der Waals surface area contributed by atoms with Gasteiger partial charge in [0.15, 0.2) is 0 Å². The maximum atomic E-state index is 12.2. The molecule has 0 heterocycles. The van der Waals surface area contributed by atoms with Gasteiger partial charge in [-0.15, -0.1) is 0 Å². The van der Waals surface area contributed by atoms with E-state index < -0.39 is 11.4 Å². The lowest BCUT2D eigenvalue weighted by molar-refractivity contribution is -0.127. The highest BCUT2D eigenvalue weighted by molar-refractivity contribution is 5.81. The molecular weight excluding hydrogens is 254 g/mol. The normalized spacial score (nSPS) is 12.8. The third-order valence-electron chi connectivity index (χ3n) is 3.06. The van der Waals surface area contributed by atoms with Gasteiger partial charge in [0.25, 0.3) is 0 Å². The summed E-state index contributed by atoms with van der Waals surface area (Å²) in [5.74, 6) is -0.908. The van der Waals surface area contributed by atoms with Crippen molar-refractivity contribution in [2.24, 2.45) is 17.4 Å². The van der Waals surface area contributed by atoms with Crippen molar-refractivity contribution in [3.63, 3.8) is 0 Å². The molecule has 110 valence electrons. The van der Waals surface area contributed by atoms with Crippen LogP contribution in [0.25, 0.3) is 0 Å². The Labute approximate surface area is 119 Å². The molecule has 0 spiro atoms. The zero-order chi connectivity index (χ0) is 15.2. The van der Waals surface area contributed by atoms with Crippen molar-refractivity contribution in [1.29, 1.82) is 0 Å². The van der Waals surface area contributed by atoms with E-state index in [4.69, 9.17) is 11.5 Å². The second-order valence-electron chi connectivity index (χ2n) is 5.64. The van der Waals surface area contributed by atoms with Gasteiger partial charge < -0.3 is 16.8 Å². The van der Waals surface area contributed by atoms with Crippen LogP contribution in [-0.2, 0) is 16.0 Å². The topological polar surface area (TPSA) is 98.2 Å². The second-order valence-corrected chi connectivity index (χ2v) is 5.64. The van der Waals surface area contributed by atoms with Crippen LogP contribution >= 0.6 is 0 Å². The van der Waals surface area contributed by atoms with Crippen molar-refractivity contribution in [3.8, 4) is 0 Å². The zero-order valence-electron chi connectivity index (χ0n) is 12.1. The Balaban J connectivity index is 2.65. The lowest BCUT2D eigenvalue weighted by Gasteiger charge is -2.27. The second kappa shape index (κ2) is 7.05. The van der Waals surface area contributed by atoms with E-state index in [-0.39, 0.29) is 24.8 Å². The molecule has 5 N–H and O–H groups in total. The lowest BCUT2D eigenvalue weighted by atomic mass is 9.95. The molecule has 0 saturated heterocycles. The first-order chi connectivity index (χ1) is 9.34. The molecular formula is C15H23N3O2. The largest absolute Gasteiger partial charge is 0.370 e. The number of hydrogen-bond donors (Lipinski definition) is 3. The SMILES string of the molecule is CC(C)(CC(N)=O)NC(=O)C(CN)Cc1ccccc1. The molecule has 0 fully saturated rings. The molecule has 5 heteroatoms. The summed E-state index contributed by atoms with van der Waals surface area (Å²) in [5.41, 5.74) is 11.3. The summed E-state index contributed by atoms with van der Waals surface area (Å²) in [6.45, 7) is 3.80. The van der Waals surface area contributed by atoms with Gasteiger partial charge in [-0.05, 0) is 25.8 Å². The van der Waals surface area contributed by atoms with Gasteiger partial charge in [0.2, 0.25) is 11.8 Å². The first-order valence-corrected chi connectivity index (χ1v) is 6.68. The van der Waals surface area contributed by atoms with Crippen LogP contribution in [0.3, 0.4) is 0 Å². The molecule has 0 aromatic heterocycles. The minimum atomic E-state index is -0.660. The number of nitrogens with one attached hydrogen (secondary N) is 1. The highest BCUT2D eigenvalue weighted by atomic mass is 16.2. The van der Waals surface area contributed by atoms with Gasteiger partial charge in [-0.2, -0.15) is 0 Å². The smallest absolute Gasteiger partial charge is 0.225 e. The molecule has 5 nitrogen and oxygen atoms in total. The minimum Gasteiger partial charge on any atom is -0.370 e. The molecule has 0 aliphatic carbocycles. The first kappa shape index (κ1) is 16.2. The van der Waals surface area contributed by atoms with Crippen LogP contribution in [0.1, 0.15) is 25.8 Å². The number of nitrogens with two attached hydrogens (primary N) is 2. The fourth-order valence-electron chi connectivity index (χ4n) is 2.10. The summed E-state index contributed by atoms with van der Waals surface area (Å²) < 4.78 is 0. The van der Waals surface area contributed by atoms with E-state index in [2.05, 4.69) is 5.32 Å². The highest BCUT2D eigenvalue weighted by Crippen LogP contribution is 2.12. The van der Waals surface area contributed by atoms with E-state index in [0.717, 1.165) is 5.56 Å². The van der Waals surface area contributed by atoms with Crippen LogP contribution in [0.5, 0.6) is 0 Å². The molecule has 2 amide bonds. The van der Waals surface area contributed by atoms with Crippen molar-refractivity contribution < 1.29 is 9.59 Å². The van der Waals surface area contributed by atoms with Gasteiger partial charge in [-0.25, -0.2) is 0 Å². The molecule has 0 bridgehead atoms. The Hall–Kier alpha value is -1.88. The predicted octanol–water partition coefficient (Wildman–Crippen LogP) is 0.574. The molecule has 0 aliphatic heterocycles. The van der Waals surface area contributed by atoms with Gasteiger partial charge >= 0.3 is 0 Å². The van der Waals surface area contributed by atoms with Crippen molar-refractivity contribution in [2.45, 2.75) is 32.2 Å². The number of carbonyl (C=O) groups excluding carboxylic acids is 2. The van der Waals surface area contributed by atoms with Crippen LogP contribution in [0.4, 0.5) is 0 Å². The quantitative estimate of drug-likeness (QED) is 0.679. The number of benzene rings is 1. The van der Waals surface area contributed by atoms with Gasteiger partial charge in [-0.3, -0.25) is 9.59 Å². The maximum absolute atomic E-state index is 12.2. The van der Waals surface area contributed by atoms with E-state index in [1.54, 1.807) is 13.8 Å². The van der Waals surface area contributed by atoms with E-state index in [9.17, 15) is 9.59 Å². The standard InChI is InChI=1S/C15H23N3O2/c1-15(2,9-13(17)19)18-14(20)12(10-16)8-11-6-4-3-5-7-11/h3-7,12H,8-10,16H2,1-2H3,(H2,17,19)(H,18,20). The van der Waals surface area contributed by atoms with Gasteiger partial charge in [0, 0.05) is 18.5 Å². The van der Waals surface area contributed by atoms with Crippen LogP contribution in [-0.4, -0.2) is 23.9 Å². The summed E-state index contributed by atoms with van der Waals surface area (Å²) in [5, 5.41) is 2.84. The Morgan fingerprint density at radius 3 is 2.35 bits per heavy atom. The van der Waals surface area contributed by atoms with E-state index in [0.29, 0.717) is 6.42 Å². The fourth-order valence-corrected chi connectivity index (χ4v) is 2.10. The first-order valence-electron chi connectivity index (χ1n) is 6.68. The highest BCUT2D eigenvalue weighted by Gasteiger charge is 2.26. The summed E-state index contributed by atoms with van der Waals surface area (Å²) in [6, 6.07) is 9.71. The molecule has 0 aliphatic rings. The fraction of sp³-hybridized carbons (Fsp3) is 0.467. The van der Waals surface area contributed by atoms with Crippen molar-refractivity contribution in [1.82, 2.24) is 5.32 Å². The number of amides is 2. The minimum absolute atomic E-state index is 0.0986. The molecule has 0 saturated carbocycles. The third kappa shape index (κ3) is 5.40. The molecule has 1 unspecified atom stereocenters. The molecule has 1 aromatic carbocycles. The Kier molecular flexibility index (Phi) is 5.70. The van der Waals surface area contributed by atoms with Gasteiger partial charge in [0.1, 0.15) is 0 Å². The summed E-state index contributed by atoms with van der Waals surface area (Å²) in [7, 11) is 0. The summed E-state index contributed by atoms with van der Waals surface area (Å²) in [4.78, 5) is 23.2. The number of primary amides is 1. The van der Waals surface area contributed by atoms with Gasteiger partial charge in [0.05, 0.1) is 5.92 Å². The van der Waals surface area contributed by atoms with Crippen LogP contribution in [0.2, 0.25) is 0 Å². The number of hydrogen-bond acceptors (Lipinski definition) is 3. The average Bonchev–Trinajstić information content (AvgIpc) is 2.34. The molecule has 1 atom stereocenters. The van der Waals surface area contributed by atoms with E-state index >= 15 is 0 Å². The van der Waals surface area contributed by atoms with Crippen LogP contribution in [0.15, 0.2) is 30.3 Å². The average molecular weight is 277 g/mol. The van der Waals surface area contributed by atoms with E-state index in [1.807, 2.05) is 30.3 Å². The molecule has 0 radical (unpaired) electrons. The molecule has 1 aromatic rings. The number of carbonyl (C=O) groups is 2. The Morgan fingerprint density at radius 2 is 1.85 bits per heavy atom. The predicted molar refractivity (Wildman–Crippen MR) is 78.7 cm³/mol. The van der Waals surface area contributed by atoms with Crippen molar-refractivity contribution in [3.05, 3.63) is 35.9 Å². The number of rotatable bonds is 7. The van der Waals surface area contributed by atoms with Crippen molar-refractivity contribution >= 4 is 11.8 Å².